The van der Waals surface area contributed by atoms with E-state index in [0.717, 1.165) is 53.7 Å². The van der Waals surface area contributed by atoms with Crippen molar-refractivity contribution in [1.29, 1.82) is 0 Å². The summed E-state index contributed by atoms with van der Waals surface area (Å²) in [6.45, 7) is 7.45. The number of aromatic nitrogens is 5. The fourth-order valence-electron chi connectivity index (χ4n) is 5.57. The van der Waals surface area contributed by atoms with Crippen molar-refractivity contribution in [3.05, 3.63) is 75.2 Å². The lowest BCUT2D eigenvalue weighted by Crippen LogP contribution is -2.41. The van der Waals surface area contributed by atoms with Gasteiger partial charge in [0.15, 0.2) is 5.82 Å². The molecule has 1 aliphatic carbocycles. The van der Waals surface area contributed by atoms with Crippen molar-refractivity contribution in [3.63, 3.8) is 0 Å². The molecule has 0 amide bonds. The number of fused-ring (bicyclic) bond motifs is 1. The summed E-state index contributed by atoms with van der Waals surface area (Å²) in [5, 5.41) is 13.9. The maximum absolute atomic E-state index is 13.3. The van der Waals surface area contributed by atoms with Crippen molar-refractivity contribution >= 4 is 10.9 Å². The summed E-state index contributed by atoms with van der Waals surface area (Å²) in [6.07, 6.45) is 9.54. The second-order valence-electron chi connectivity index (χ2n) is 10.2. The molecule has 0 radical (unpaired) electrons. The van der Waals surface area contributed by atoms with Gasteiger partial charge < -0.3 is 9.40 Å². The van der Waals surface area contributed by atoms with Crippen molar-refractivity contribution in [2.24, 2.45) is 0 Å². The first-order chi connectivity index (χ1) is 17.5. The average molecular weight is 489 g/mol. The maximum Gasteiger partial charge on any atom is 0.252 e. The van der Waals surface area contributed by atoms with E-state index >= 15 is 0 Å². The van der Waals surface area contributed by atoms with E-state index in [1.54, 1.807) is 6.26 Å². The van der Waals surface area contributed by atoms with E-state index in [9.17, 15) is 4.79 Å². The van der Waals surface area contributed by atoms with E-state index in [1.165, 1.54) is 30.4 Å². The lowest BCUT2D eigenvalue weighted by molar-refractivity contribution is 0.0811. The molecule has 0 spiro atoms. The minimum Gasteiger partial charge on any atom is -0.467 e. The fraction of sp³-hybridized carbons (Fsp3) is 0.500. The van der Waals surface area contributed by atoms with Gasteiger partial charge in [0.1, 0.15) is 12.3 Å². The molecule has 1 aromatic carbocycles. The Labute approximate surface area is 211 Å². The number of pyridine rings is 1. The van der Waals surface area contributed by atoms with Gasteiger partial charge in [0, 0.05) is 23.7 Å². The van der Waals surface area contributed by atoms with Gasteiger partial charge in [0.25, 0.3) is 5.56 Å². The monoisotopic (exact) mass is 488 g/mol. The minimum absolute atomic E-state index is 0.0120. The highest BCUT2D eigenvalue weighted by molar-refractivity contribution is 5.80. The Kier molecular flexibility index (Phi) is 7.32. The van der Waals surface area contributed by atoms with Crippen LogP contribution in [0.5, 0.6) is 0 Å². The molecule has 190 valence electrons. The van der Waals surface area contributed by atoms with E-state index in [0.29, 0.717) is 19.1 Å². The number of aromatic amines is 1. The van der Waals surface area contributed by atoms with Gasteiger partial charge in [-0.1, -0.05) is 32.6 Å². The zero-order chi connectivity index (χ0) is 25.1. The van der Waals surface area contributed by atoms with Crippen LogP contribution in [0.2, 0.25) is 0 Å². The Morgan fingerprint density at radius 2 is 1.97 bits per heavy atom. The van der Waals surface area contributed by atoms with Gasteiger partial charge >= 0.3 is 0 Å². The standard InChI is InChI=1S/C28H36N6O2/c1-4-9-26(27-30-31-32-34(27)18-24-12-8-13-36-24)33(23-10-6-5-7-11-23)17-22-16-21-14-19(2)20(3)15-25(21)29-28(22)35/h8,12-16,23,26H,4-7,9-11,17-18H2,1-3H3,(H,29,35). The predicted molar refractivity (Wildman–Crippen MR) is 140 cm³/mol. The average Bonchev–Trinajstić information content (AvgIpc) is 3.56. The number of aryl methyl sites for hydroxylation is 2. The number of hydrogen-bond donors (Lipinski definition) is 1. The highest BCUT2D eigenvalue weighted by Gasteiger charge is 2.32. The molecular weight excluding hydrogens is 452 g/mol. The molecule has 1 unspecified atom stereocenters. The van der Waals surface area contributed by atoms with Crippen LogP contribution in [0.1, 0.15) is 86.2 Å². The molecule has 1 N–H and O–H groups in total. The number of nitrogens with zero attached hydrogens (tertiary/aromatic N) is 5. The van der Waals surface area contributed by atoms with Crippen LogP contribution >= 0.6 is 0 Å². The van der Waals surface area contributed by atoms with Crippen molar-refractivity contribution < 1.29 is 4.42 Å². The van der Waals surface area contributed by atoms with Crippen molar-refractivity contribution in [3.8, 4) is 0 Å². The fourth-order valence-corrected chi connectivity index (χ4v) is 5.57. The summed E-state index contributed by atoms with van der Waals surface area (Å²) in [4.78, 5) is 18.9. The Balaban J connectivity index is 1.53. The number of H-pyrrole nitrogens is 1. The Morgan fingerprint density at radius 3 is 2.72 bits per heavy atom. The summed E-state index contributed by atoms with van der Waals surface area (Å²) in [5.74, 6) is 1.65. The van der Waals surface area contributed by atoms with Crippen LogP contribution < -0.4 is 5.56 Å². The molecule has 3 heterocycles. The summed E-state index contributed by atoms with van der Waals surface area (Å²) >= 11 is 0. The number of hydrogen-bond acceptors (Lipinski definition) is 6. The lowest BCUT2D eigenvalue weighted by Gasteiger charge is -2.39. The molecule has 0 bridgehead atoms. The van der Waals surface area contributed by atoms with Crippen LogP contribution in [0.4, 0.5) is 0 Å². The molecule has 36 heavy (non-hydrogen) atoms. The number of rotatable bonds is 9. The Morgan fingerprint density at radius 1 is 1.17 bits per heavy atom. The summed E-state index contributed by atoms with van der Waals surface area (Å²) in [5.41, 5.74) is 4.08. The van der Waals surface area contributed by atoms with Gasteiger partial charge in [-0.2, -0.15) is 0 Å². The lowest BCUT2D eigenvalue weighted by atomic mass is 9.91. The van der Waals surface area contributed by atoms with Crippen LogP contribution in [0.25, 0.3) is 10.9 Å². The predicted octanol–water partition coefficient (Wildman–Crippen LogP) is 5.45. The highest BCUT2D eigenvalue weighted by atomic mass is 16.3. The molecular formula is C28H36N6O2. The Hall–Kier alpha value is -3.26. The van der Waals surface area contributed by atoms with Gasteiger partial charge in [0.05, 0.1) is 12.3 Å². The molecule has 1 aliphatic rings. The third-order valence-corrected chi connectivity index (χ3v) is 7.64. The van der Waals surface area contributed by atoms with E-state index in [4.69, 9.17) is 4.42 Å². The minimum atomic E-state index is -0.0167. The van der Waals surface area contributed by atoms with Crippen LogP contribution in [-0.2, 0) is 13.1 Å². The number of furan rings is 1. The van der Waals surface area contributed by atoms with Crippen LogP contribution in [0.3, 0.4) is 0 Å². The number of tetrazole rings is 1. The largest absolute Gasteiger partial charge is 0.467 e. The molecule has 4 aromatic rings. The van der Waals surface area contributed by atoms with Gasteiger partial charge in [-0.05, 0) is 90.4 Å². The normalized spacial score (nSPS) is 15.7. The molecule has 8 heteroatoms. The quantitative estimate of drug-likeness (QED) is 0.337. The molecule has 5 rings (SSSR count). The van der Waals surface area contributed by atoms with E-state index < -0.39 is 0 Å². The molecule has 1 saturated carbocycles. The molecule has 3 aromatic heterocycles. The summed E-state index contributed by atoms with van der Waals surface area (Å²) in [7, 11) is 0. The maximum atomic E-state index is 13.3. The van der Waals surface area contributed by atoms with E-state index in [-0.39, 0.29) is 11.6 Å². The van der Waals surface area contributed by atoms with E-state index in [1.807, 2.05) is 16.8 Å². The molecule has 1 atom stereocenters. The van der Waals surface area contributed by atoms with E-state index in [2.05, 4.69) is 64.4 Å². The van der Waals surface area contributed by atoms with Gasteiger partial charge in [0.2, 0.25) is 0 Å². The van der Waals surface area contributed by atoms with Crippen LogP contribution in [-0.4, -0.2) is 36.1 Å². The summed E-state index contributed by atoms with van der Waals surface area (Å²) in [6, 6.07) is 10.5. The third kappa shape index (κ3) is 5.14. The Bertz CT molecular complexity index is 1350. The molecule has 0 aliphatic heterocycles. The molecule has 1 fully saturated rings. The van der Waals surface area contributed by atoms with Crippen molar-refractivity contribution in [1.82, 2.24) is 30.1 Å². The van der Waals surface area contributed by atoms with Gasteiger partial charge in [-0.3, -0.25) is 9.69 Å². The zero-order valence-electron chi connectivity index (χ0n) is 21.5. The zero-order valence-corrected chi connectivity index (χ0v) is 21.5. The second-order valence-corrected chi connectivity index (χ2v) is 10.2. The topological polar surface area (TPSA) is 92.8 Å². The summed E-state index contributed by atoms with van der Waals surface area (Å²) < 4.78 is 7.43. The first-order valence-electron chi connectivity index (χ1n) is 13.2. The highest BCUT2D eigenvalue weighted by Crippen LogP contribution is 2.34. The molecule has 0 saturated heterocycles. The van der Waals surface area contributed by atoms with Crippen molar-refractivity contribution in [2.75, 3.05) is 0 Å². The molecule has 8 nitrogen and oxygen atoms in total. The number of benzene rings is 1. The second kappa shape index (κ2) is 10.8. The third-order valence-electron chi connectivity index (χ3n) is 7.64. The first kappa shape index (κ1) is 24.4. The van der Waals surface area contributed by atoms with Gasteiger partial charge in [-0.15, -0.1) is 5.10 Å². The van der Waals surface area contributed by atoms with Gasteiger partial charge in [-0.25, -0.2) is 4.68 Å². The van der Waals surface area contributed by atoms with Crippen LogP contribution in [0, 0.1) is 13.8 Å². The van der Waals surface area contributed by atoms with Crippen LogP contribution in [0.15, 0.2) is 45.8 Å². The smallest absolute Gasteiger partial charge is 0.252 e. The number of nitrogens with one attached hydrogen (secondary N) is 1. The SMILES string of the molecule is CCCC(c1nnnn1Cc1ccco1)N(Cc1cc2cc(C)c(C)cc2[nH]c1=O)C1CCCCC1. The first-order valence-corrected chi connectivity index (χ1v) is 13.2. The van der Waals surface area contributed by atoms with Crippen molar-refractivity contribution in [2.45, 2.75) is 90.9 Å².